The van der Waals surface area contributed by atoms with Crippen LogP contribution in [0.1, 0.15) is 42.9 Å². The van der Waals surface area contributed by atoms with Gasteiger partial charge in [0.1, 0.15) is 5.69 Å². The molecular weight excluding hydrogens is 244 g/mol. The monoisotopic (exact) mass is 262 g/mol. The molecule has 1 aliphatic carbocycles. The summed E-state index contributed by atoms with van der Waals surface area (Å²) in [5.74, 6) is 0.529. The lowest BCUT2D eigenvalue weighted by molar-refractivity contribution is 0.0944. The number of hydrogen-bond acceptors (Lipinski definition) is 5. The normalized spacial score (nSPS) is 23.4. The Hall–Kier alpha value is -1.98. The fourth-order valence-electron chi connectivity index (χ4n) is 2.02. The zero-order valence-corrected chi connectivity index (χ0v) is 11.4. The fraction of sp³-hybridized carbons (Fsp3) is 0.538. The number of aromatic nitrogens is 2. The van der Waals surface area contributed by atoms with Gasteiger partial charge in [0, 0.05) is 11.6 Å². The molecule has 0 spiro atoms. The molecule has 1 aromatic rings. The van der Waals surface area contributed by atoms with E-state index in [2.05, 4.69) is 44.5 Å². The van der Waals surface area contributed by atoms with Crippen molar-refractivity contribution in [3.05, 3.63) is 23.5 Å². The maximum atomic E-state index is 11.8. The van der Waals surface area contributed by atoms with Crippen molar-refractivity contribution in [2.75, 3.05) is 0 Å². The molecular formula is C13H18N4O2. The molecule has 6 nitrogen and oxygen atoms in total. The second-order valence-corrected chi connectivity index (χ2v) is 4.94. The van der Waals surface area contributed by atoms with Crippen molar-refractivity contribution in [2.45, 2.75) is 33.6 Å². The standard InChI is InChI=1S/C13H18N4O2/c1-8-4-6-11(7-5-8)9(2)14-15-13(18)12-10(3)16-19-17-12/h4,6,8,11H,5,7H2,1-3H3,(H,15,18)/b14-9+. The number of amides is 1. The van der Waals surface area contributed by atoms with E-state index in [0.717, 1.165) is 18.6 Å². The Bertz CT molecular complexity index is 518. The number of hydrazone groups is 1. The Kier molecular flexibility index (Phi) is 4.09. The van der Waals surface area contributed by atoms with Gasteiger partial charge in [-0.05, 0) is 37.8 Å². The lowest BCUT2D eigenvalue weighted by Gasteiger charge is -2.19. The van der Waals surface area contributed by atoms with Crippen molar-refractivity contribution in [3.8, 4) is 0 Å². The average molecular weight is 262 g/mol. The zero-order valence-electron chi connectivity index (χ0n) is 11.4. The summed E-state index contributed by atoms with van der Waals surface area (Å²) in [6, 6.07) is 0. The van der Waals surface area contributed by atoms with Gasteiger partial charge in [0.15, 0.2) is 5.69 Å². The maximum absolute atomic E-state index is 11.8. The quantitative estimate of drug-likeness (QED) is 0.514. The van der Waals surface area contributed by atoms with E-state index < -0.39 is 5.91 Å². The van der Waals surface area contributed by atoms with Crippen molar-refractivity contribution in [2.24, 2.45) is 16.9 Å². The SMILES string of the molecule is C/C(=N\NC(=O)c1nonc1C)C1C=CC(C)CC1. The summed E-state index contributed by atoms with van der Waals surface area (Å²) in [7, 11) is 0. The number of carbonyl (C=O) groups is 1. The Morgan fingerprint density at radius 1 is 1.42 bits per heavy atom. The van der Waals surface area contributed by atoms with Crippen LogP contribution in [0.25, 0.3) is 0 Å². The van der Waals surface area contributed by atoms with Crippen LogP contribution in [0.2, 0.25) is 0 Å². The van der Waals surface area contributed by atoms with E-state index in [4.69, 9.17) is 0 Å². The predicted molar refractivity (Wildman–Crippen MR) is 70.6 cm³/mol. The summed E-state index contributed by atoms with van der Waals surface area (Å²) in [6.07, 6.45) is 6.56. The van der Waals surface area contributed by atoms with Gasteiger partial charge in [0.25, 0.3) is 5.91 Å². The molecule has 0 saturated heterocycles. The summed E-state index contributed by atoms with van der Waals surface area (Å²) in [4.78, 5) is 11.8. The van der Waals surface area contributed by atoms with Crippen LogP contribution in [-0.2, 0) is 0 Å². The number of allylic oxidation sites excluding steroid dienone is 2. The second kappa shape index (κ2) is 5.77. The first kappa shape index (κ1) is 13.5. The Morgan fingerprint density at radius 2 is 2.21 bits per heavy atom. The minimum absolute atomic E-state index is 0.171. The summed E-state index contributed by atoms with van der Waals surface area (Å²) in [5.41, 5.74) is 4.01. The highest BCUT2D eigenvalue weighted by molar-refractivity contribution is 5.94. The third-order valence-electron chi connectivity index (χ3n) is 3.34. The van der Waals surface area contributed by atoms with Gasteiger partial charge in [-0.1, -0.05) is 24.2 Å². The highest BCUT2D eigenvalue weighted by Crippen LogP contribution is 2.22. The topological polar surface area (TPSA) is 80.4 Å². The van der Waals surface area contributed by atoms with Gasteiger partial charge in [-0.25, -0.2) is 10.1 Å². The van der Waals surface area contributed by atoms with Crippen LogP contribution in [-0.4, -0.2) is 21.9 Å². The molecule has 0 aromatic carbocycles. The minimum atomic E-state index is -0.397. The number of nitrogens with zero attached hydrogens (tertiary/aromatic N) is 3. The van der Waals surface area contributed by atoms with Crippen LogP contribution >= 0.6 is 0 Å². The van der Waals surface area contributed by atoms with Crippen molar-refractivity contribution in [1.82, 2.24) is 15.7 Å². The molecule has 0 fully saturated rings. The molecule has 2 unspecified atom stereocenters. The van der Waals surface area contributed by atoms with Gasteiger partial charge in [-0.3, -0.25) is 4.79 Å². The molecule has 1 amide bonds. The van der Waals surface area contributed by atoms with E-state index in [9.17, 15) is 4.79 Å². The highest BCUT2D eigenvalue weighted by atomic mass is 16.6. The van der Waals surface area contributed by atoms with E-state index in [1.165, 1.54) is 0 Å². The smallest absolute Gasteiger partial charge is 0.265 e. The molecule has 1 N–H and O–H groups in total. The lowest BCUT2D eigenvalue weighted by Crippen LogP contribution is -2.23. The number of rotatable bonds is 3. The predicted octanol–water partition coefficient (Wildman–Crippen LogP) is 2.09. The van der Waals surface area contributed by atoms with E-state index in [-0.39, 0.29) is 5.69 Å². The molecule has 1 heterocycles. The van der Waals surface area contributed by atoms with Crippen molar-refractivity contribution in [3.63, 3.8) is 0 Å². The molecule has 19 heavy (non-hydrogen) atoms. The zero-order chi connectivity index (χ0) is 13.8. The first-order valence-corrected chi connectivity index (χ1v) is 6.40. The largest absolute Gasteiger partial charge is 0.295 e. The molecule has 1 aromatic heterocycles. The number of carbonyl (C=O) groups excluding carboxylic acids is 1. The summed E-state index contributed by atoms with van der Waals surface area (Å²) >= 11 is 0. The first-order valence-electron chi connectivity index (χ1n) is 6.40. The van der Waals surface area contributed by atoms with Crippen molar-refractivity contribution < 1.29 is 9.42 Å². The molecule has 0 bridgehead atoms. The van der Waals surface area contributed by atoms with Gasteiger partial charge < -0.3 is 0 Å². The molecule has 2 atom stereocenters. The van der Waals surface area contributed by atoms with Crippen LogP contribution < -0.4 is 5.43 Å². The molecule has 0 radical (unpaired) electrons. The highest BCUT2D eigenvalue weighted by Gasteiger charge is 2.17. The van der Waals surface area contributed by atoms with E-state index in [0.29, 0.717) is 17.5 Å². The molecule has 0 saturated carbocycles. The third kappa shape index (κ3) is 3.27. The number of nitrogens with one attached hydrogen (secondary N) is 1. The van der Waals surface area contributed by atoms with E-state index in [1.54, 1.807) is 6.92 Å². The Labute approximate surface area is 111 Å². The van der Waals surface area contributed by atoms with Crippen molar-refractivity contribution in [1.29, 1.82) is 0 Å². The molecule has 2 rings (SSSR count). The third-order valence-corrected chi connectivity index (χ3v) is 3.34. The number of hydrogen-bond donors (Lipinski definition) is 1. The minimum Gasteiger partial charge on any atom is -0.265 e. The summed E-state index contributed by atoms with van der Waals surface area (Å²) in [6.45, 7) is 5.77. The van der Waals surface area contributed by atoms with E-state index >= 15 is 0 Å². The molecule has 102 valence electrons. The van der Waals surface area contributed by atoms with Gasteiger partial charge in [0.2, 0.25) is 0 Å². The van der Waals surface area contributed by atoms with Crippen LogP contribution in [0.15, 0.2) is 21.9 Å². The van der Waals surface area contributed by atoms with Crippen molar-refractivity contribution >= 4 is 11.6 Å². The fourth-order valence-corrected chi connectivity index (χ4v) is 2.02. The van der Waals surface area contributed by atoms with Crippen LogP contribution in [0.4, 0.5) is 0 Å². The summed E-state index contributed by atoms with van der Waals surface area (Å²) < 4.78 is 4.48. The molecule has 1 aliphatic rings. The number of aryl methyl sites for hydroxylation is 1. The Balaban J connectivity index is 1.97. The van der Waals surface area contributed by atoms with Gasteiger partial charge in [-0.2, -0.15) is 5.10 Å². The maximum Gasteiger partial charge on any atom is 0.295 e. The molecule has 0 aliphatic heterocycles. The second-order valence-electron chi connectivity index (χ2n) is 4.94. The van der Waals surface area contributed by atoms with Crippen LogP contribution in [0, 0.1) is 18.8 Å². The van der Waals surface area contributed by atoms with Gasteiger partial charge >= 0.3 is 0 Å². The first-order chi connectivity index (χ1) is 9.08. The van der Waals surface area contributed by atoms with Gasteiger partial charge in [-0.15, -0.1) is 0 Å². The van der Waals surface area contributed by atoms with Crippen LogP contribution in [0.5, 0.6) is 0 Å². The Morgan fingerprint density at radius 3 is 2.79 bits per heavy atom. The summed E-state index contributed by atoms with van der Waals surface area (Å²) in [5, 5.41) is 11.2. The van der Waals surface area contributed by atoms with Crippen LogP contribution in [0.3, 0.4) is 0 Å². The van der Waals surface area contributed by atoms with Gasteiger partial charge in [0.05, 0.1) is 0 Å². The lowest BCUT2D eigenvalue weighted by atomic mass is 9.87. The van der Waals surface area contributed by atoms with E-state index in [1.807, 2.05) is 6.92 Å². The molecule has 6 heteroatoms. The average Bonchev–Trinajstić information content (AvgIpc) is 2.83.